The highest BCUT2D eigenvalue weighted by Crippen LogP contribution is 2.22. The van der Waals surface area contributed by atoms with Crippen LogP contribution >= 0.6 is 0 Å². The molecule has 0 spiro atoms. The summed E-state index contributed by atoms with van der Waals surface area (Å²) in [6.07, 6.45) is 3.89. The Labute approximate surface area is 99.1 Å². The van der Waals surface area contributed by atoms with Crippen molar-refractivity contribution in [2.75, 3.05) is 0 Å². The third-order valence-electron chi connectivity index (χ3n) is 2.82. The van der Waals surface area contributed by atoms with Gasteiger partial charge in [-0.3, -0.25) is 0 Å². The van der Waals surface area contributed by atoms with E-state index in [0.717, 1.165) is 19.3 Å². The average molecular weight is 215 g/mol. The van der Waals surface area contributed by atoms with Gasteiger partial charge in [0.1, 0.15) is 0 Å². The molecule has 0 fully saturated rings. The molecule has 0 aromatic heterocycles. The molecule has 86 valence electrons. The molecule has 0 amide bonds. The van der Waals surface area contributed by atoms with Gasteiger partial charge < -0.3 is 0 Å². The zero-order valence-corrected chi connectivity index (χ0v) is 10.6. The van der Waals surface area contributed by atoms with Crippen LogP contribution in [0, 0.1) is 11.3 Å². The second kappa shape index (κ2) is 5.70. The van der Waals surface area contributed by atoms with Gasteiger partial charge in [-0.2, -0.15) is 5.26 Å². The number of unbranched alkanes of at least 4 members (excludes halogenated alkanes) is 2. The van der Waals surface area contributed by atoms with Crippen LogP contribution in [-0.4, -0.2) is 0 Å². The van der Waals surface area contributed by atoms with Gasteiger partial charge >= 0.3 is 0 Å². The van der Waals surface area contributed by atoms with Crippen LogP contribution < -0.4 is 0 Å². The van der Waals surface area contributed by atoms with E-state index in [9.17, 15) is 0 Å². The molecule has 1 aromatic carbocycles. The molecule has 0 atom stereocenters. The molecule has 1 nitrogen and oxygen atoms in total. The molecule has 0 bridgehead atoms. The molecule has 0 aliphatic heterocycles. The van der Waals surface area contributed by atoms with Gasteiger partial charge in [-0.05, 0) is 35.8 Å². The highest BCUT2D eigenvalue weighted by Gasteiger charge is 2.12. The number of hydrogen-bond acceptors (Lipinski definition) is 1. The van der Waals surface area contributed by atoms with E-state index in [1.807, 2.05) is 0 Å². The Kier molecular flexibility index (Phi) is 4.55. The first-order valence-corrected chi connectivity index (χ1v) is 6.00. The van der Waals surface area contributed by atoms with Crippen molar-refractivity contribution >= 4 is 0 Å². The van der Waals surface area contributed by atoms with E-state index in [1.165, 1.54) is 11.1 Å². The molecule has 0 aliphatic carbocycles. The third kappa shape index (κ3) is 4.06. The molecule has 0 saturated carbocycles. The largest absolute Gasteiger partial charge is 0.198 e. The van der Waals surface area contributed by atoms with Crippen molar-refractivity contribution in [1.29, 1.82) is 5.26 Å². The lowest BCUT2D eigenvalue weighted by Crippen LogP contribution is -2.10. The summed E-state index contributed by atoms with van der Waals surface area (Å²) >= 11 is 0. The Balaban J connectivity index is 2.49. The molecular weight excluding hydrogens is 194 g/mol. The van der Waals surface area contributed by atoms with Gasteiger partial charge in [0.15, 0.2) is 0 Å². The third-order valence-corrected chi connectivity index (χ3v) is 2.82. The van der Waals surface area contributed by atoms with E-state index in [2.05, 4.69) is 51.1 Å². The second-order valence-corrected chi connectivity index (χ2v) is 5.31. The maximum Gasteiger partial charge on any atom is 0.0621 e. The SMILES string of the molecule is CC(C)(C)c1ccc(CCCCC#N)cc1. The first kappa shape index (κ1) is 12.8. The maximum absolute atomic E-state index is 8.44. The molecule has 0 radical (unpaired) electrons. The fraction of sp³-hybridized carbons (Fsp3) is 0.533. The lowest BCUT2D eigenvalue weighted by molar-refractivity contribution is 0.590. The Hall–Kier alpha value is -1.29. The topological polar surface area (TPSA) is 23.8 Å². The summed E-state index contributed by atoms with van der Waals surface area (Å²) in [4.78, 5) is 0. The van der Waals surface area contributed by atoms with Gasteiger partial charge in [0.05, 0.1) is 6.07 Å². The second-order valence-electron chi connectivity index (χ2n) is 5.31. The van der Waals surface area contributed by atoms with Crippen molar-refractivity contribution in [2.45, 2.75) is 51.9 Å². The number of benzene rings is 1. The van der Waals surface area contributed by atoms with Crippen molar-refractivity contribution in [3.8, 4) is 6.07 Å². The molecule has 1 aromatic rings. The van der Waals surface area contributed by atoms with Crippen LogP contribution in [0.4, 0.5) is 0 Å². The first-order chi connectivity index (χ1) is 7.54. The summed E-state index contributed by atoms with van der Waals surface area (Å²) in [5.41, 5.74) is 3.00. The van der Waals surface area contributed by atoms with Crippen LogP contribution in [0.25, 0.3) is 0 Å². The van der Waals surface area contributed by atoms with Crippen molar-refractivity contribution < 1.29 is 0 Å². The molecule has 0 aliphatic rings. The van der Waals surface area contributed by atoms with Gasteiger partial charge in [0, 0.05) is 6.42 Å². The van der Waals surface area contributed by atoms with Crippen LogP contribution in [-0.2, 0) is 11.8 Å². The highest BCUT2D eigenvalue weighted by atomic mass is 14.2. The van der Waals surface area contributed by atoms with Gasteiger partial charge in [-0.15, -0.1) is 0 Å². The smallest absolute Gasteiger partial charge is 0.0621 e. The standard InChI is InChI=1S/C15H21N/c1-15(2,3)14-10-8-13(9-11-14)7-5-4-6-12-16/h8-11H,4-7H2,1-3H3. The number of nitriles is 1. The first-order valence-electron chi connectivity index (χ1n) is 6.00. The summed E-state index contributed by atoms with van der Waals surface area (Å²) in [5.74, 6) is 0. The monoisotopic (exact) mass is 215 g/mol. The van der Waals surface area contributed by atoms with Crippen molar-refractivity contribution in [2.24, 2.45) is 0 Å². The molecule has 1 rings (SSSR count). The summed E-state index contributed by atoms with van der Waals surface area (Å²) < 4.78 is 0. The van der Waals surface area contributed by atoms with E-state index < -0.39 is 0 Å². The van der Waals surface area contributed by atoms with Crippen molar-refractivity contribution in [3.05, 3.63) is 35.4 Å². The Morgan fingerprint density at radius 3 is 2.19 bits per heavy atom. The molecule has 0 unspecified atom stereocenters. The lowest BCUT2D eigenvalue weighted by Gasteiger charge is -2.19. The molecule has 1 heteroatoms. The summed E-state index contributed by atoms with van der Waals surface area (Å²) in [6.45, 7) is 6.69. The molecular formula is C15H21N. The normalized spacial score (nSPS) is 11.1. The minimum absolute atomic E-state index is 0.235. The van der Waals surface area contributed by atoms with Gasteiger partial charge in [0.2, 0.25) is 0 Å². The van der Waals surface area contributed by atoms with Gasteiger partial charge in [0.25, 0.3) is 0 Å². The Bertz CT molecular complexity index is 349. The van der Waals surface area contributed by atoms with Crippen LogP contribution in [0.5, 0.6) is 0 Å². The number of rotatable bonds is 4. The van der Waals surface area contributed by atoms with E-state index in [-0.39, 0.29) is 5.41 Å². The summed E-state index contributed by atoms with van der Waals surface area (Å²) in [5, 5.41) is 8.44. The molecule has 0 saturated heterocycles. The van der Waals surface area contributed by atoms with E-state index in [1.54, 1.807) is 0 Å². The Morgan fingerprint density at radius 2 is 1.69 bits per heavy atom. The number of hydrogen-bond donors (Lipinski definition) is 0. The molecule has 0 heterocycles. The average Bonchev–Trinajstić information content (AvgIpc) is 2.24. The fourth-order valence-electron chi connectivity index (χ4n) is 1.70. The number of aryl methyl sites for hydroxylation is 1. The van der Waals surface area contributed by atoms with Crippen LogP contribution in [0.15, 0.2) is 24.3 Å². The van der Waals surface area contributed by atoms with Gasteiger partial charge in [-0.25, -0.2) is 0 Å². The zero-order valence-electron chi connectivity index (χ0n) is 10.6. The lowest BCUT2D eigenvalue weighted by atomic mass is 9.86. The predicted molar refractivity (Wildman–Crippen MR) is 68.3 cm³/mol. The quantitative estimate of drug-likeness (QED) is 0.690. The fourth-order valence-corrected chi connectivity index (χ4v) is 1.70. The molecule has 16 heavy (non-hydrogen) atoms. The van der Waals surface area contributed by atoms with E-state index in [4.69, 9.17) is 5.26 Å². The van der Waals surface area contributed by atoms with Crippen LogP contribution in [0.1, 0.15) is 51.2 Å². The van der Waals surface area contributed by atoms with E-state index >= 15 is 0 Å². The zero-order chi connectivity index (χ0) is 12.0. The van der Waals surface area contributed by atoms with Crippen molar-refractivity contribution in [3.63, 3.8) is 0 Å². The van der Waals surface area contributed by atoms with E-state index in [0.29, 0.717) is 6.42 Å². The minimum Gasteiger partial charge on any atom is -0.198 e. The number of nitrogens with zero attached hydrogens (tertiary/aromatic N) is 1. The van der Waals surface area contributed by atoms with Crippen LogP contribution in [0.3, 0.4) is 0 Å². The Morgan fingerprint density at radius 1 is 1.06 bits per heavy atom. The molecule has 0 N–H and O–H groups in total. The van der Waals surface area contributed by atoms with Crippen LogP contribution in [0.2, 0.25) is 0 Å². The van der Waals surface area contributed by atoms with Gasteiger partial charge in [-0.1, -0.05) is 45.0 Å². The summed E-state index contributed by atoms with van der Waals surface area (Å²) in [7, 11) is 0. The van der Waals surface area contributed by atoms with Crippen molar-refractivity contribution in [1.82, 2.24) is 0 Å². The maximum atomic E-state index is 8.44. The predicted octanol–water partition coefficient (Wildman–Crippen LogP) is 4.22. The summed E-state index contributed by atoms with van der Waals surface area (Å²) in [6, 6.07) is 11.1. The minimum atomic E-state index is 0.235. The highest BCUT2D eigenvalue weighted by molar-refractivity contribution is 5.27.